The monoisotopic (exact) mass is 411 g/mol. The first-order valence-electron chi connectivity index (χ1n) is 9.33. The molecule has 0 bridgehead atoms. The first kappa shape index (κ1) is 23.9. The van der Waals surface area contributed by atoms with Crippen molar-refractivity contribution in [2.75, 3.05) is 6.54 Å². The molecule has 0 heterocycles. The molecule has 0 saturated heterocycles. The third kappa shape index (κ3) is 7.48. The maximum atomic E-state index is 12.5. The number of amides is 2. The highest BCUT2D eigenvalue weighted by Gasteiger charge is 2.26. The average molecular weight is 412 g/mol. The van der Waals surface area contributed by atoms with Gasteiger partial charge in [-0.15, -0.1) is 0 Å². The highest BCUT2D eigenvalue weighted by Crippen LogP contribution is 2.22. The smallest absolute Gasteiger partial charge is 0.326 e. The molecule has 0 saturated carbocycles. The number of hydrogen-bond donors (Lipinski definition) is 4. The normalized spacial score (nSPS) is 14.4. The van der Waals surface area contributed by atoms with Crippen LogP contribution in [0.4, 0.5) is 0 Å². The maximum Gasteiger partial charge on any atom is 0.326 e. The summed E-state index contributed by atoms with van der Waals surface area (Å²) in [7, 11) is 0. The molecule has 0 aromatic heterocycles. The Morgan fingerprint density at radius 2 is 1.64 bits per heavy atom. The van der Waals surface area contributed by atoms with Crippen LogP contribution in [0, 0.1) is 11.8 Å². The van der Waals surface area contributed by atoms with Crippen molar-refractivity contribution in [1.82, 2.24) is 10.6 Å². The van der Waals surface area contributed by atoms with Crippen LogP contribution < -0.4 is 16.4 Å². The van der Waals surface area contributed by atoms with Gasteiger partial charge in [0.1, 0.15) is 6.04 Å². The Hall–Kier alpha value is -2.12. The molecule has 1 aromatic carbocycles. The summed E-state index contributed by atoms with van der Waals surface area (Å²) in [5.41, 5.74) is 6.68. The van der Waals surface area contributed by atoms with E-state index in [2.05, 4.69) is 10.6 Å². The number of benzene rings is 1. The molecule has 3 atom stereocenters. The summed E-state index contributed by atoms with van der Waals surface area (Å²) in [5, 5.41) is 15.2. The lowest BCUT2D eigenvalue weighted by atomic mass is 9.94. The number of nitrogens with two attached hydrogens (primary N) is 1. The molecule has 3 unspecified atom stereocenters. The highest BCUT2D eigenvalue weighted by molar-refractivity contribution is 6.30. The number of carbonyl (C=O) groups is 3. The molecule has 8 heteroatoms. The number of rotatable bonds is 10. The van der Waals surface area contributed by atoms with E-state index in [4.69, 9.17) is 17.3 Å². The number of nitrogens with one attached hydrogen (secondary N) is 2. The molecule has 156 valence electrons. The van der Waals surface area contributed by atoms with E-state index in [0.717, 1.165) is 5.56 Å². The van der Waals surface area contributed by atoms with Crippen LogP contribution in [0.5, 0.6) is 0 Å². The number of hydrogen-bond acceptors (Lipinski definition) is 4. The van der Waals surface area contributed by atoms with Crippen molar-refractivity contribution < 1.29 is 19.5 Å². The summed E-state index contributed by atoms with van der Waals surface area (Å²) in [6.07, 6.45) is 0.0231. The molecule has 7 nitrogen and oxygen atoms in total. The fourth-order valence-corrected chi connectivity index (χ4v) is 2.78. The third-order valence-electron chi connectivity index (χ3n) is 4.57. The summed E-state index contributed by atoms with van der Waals surface area (Å²) >= 11 is 5.93. The van der Waals surface area contributed by atoms with E-state index in [1.807, 2.05) is 13.8 Å². The first-order chi connectivity index (χ1) is 13.0. The molecule has 5 N–H and O–H groups in total. The maximum absolute atomic E-state index is 12.5. The number of halogens is 1. The van der Waals surface area contributed by atoms with Crippen molar-refractivity contribution in [2.24, 2.45) is 17.6 Å². The SMILES string of the molecule is CC(C)C(N)C(=O)NCC(CC(=O)NC(C(=O)O)C(C)C)c1ccc(Cl)cc1. The summed E-state index contributed by atoms with van der Waals surface area (Å²) in [6.45, 7) is 7.36. The van der Waals surface area contributed by atoms with E-state index in [0.29, 0.717) is 5.02 Å². The van der Waals surface area contributed by atoms with Crippen molar-refractivity contribution in [2.45, 2.75) is 52.1 Å². The largest absolute Gasteiger partial charge is 0.480 e. The van der Waals surface area contributed by atoms with E-state index < -0.39 is 24.0 Å². The zero-order valence-electron chi connectivity index (χ0n) is 16.7. The van der Waals surface area contributed by atoms with Crippen LogP contribution in [-0.2, 0) is 14.4 Å². The van der Waals surface area contributed by atoms with Gasteiger partial charge in [0.2, 0.25) is 11.8 Å². The van der Waals surface area contributed by atoms with Crippen molar-refractivity contribution in [3.63, 3.8) is 0 Å². The van der Waals surface area contributed by atoms with Gasteiger partial charge in [0.25, 0.3) is 0 Å². The molecule has 1 aromatic rings. The zero-order chi connectivity index (χ0) is 21.4. The second-order valence-electron chi connectivity index (χ2n) is 7.59. The molecular weight excluding hydrogens is 382 g/mol. The quantitative estimate of drug-likeness (QED) is 0.470. The van der Waals surface area contributed by atoms with E-state index in [1.54, 1.807) is 38.1 Å². The Kier molecular flexibility index (Phi) is 9.41. The van der Waals surface area contributed by atoms with Gasteiger partial charge >= 0.3 is 5.97 Å². The molecule has 0 aliphatic heterocycles. The Labute approximate surface area is 171 Å². The van der Waals surface area contributed by atoms with Crippen molar-refractivity contribution in [3.8, 4) is 0 Å². The summed E-state index contributed by atoms with van der Waals surface area (Å²) in [5.74, 6) is -2.38. The Morgan fingerprint density at radius 1 is 1.07 bits per heavy atom. The molecule has 0 spiro atoms. The summed E-state index contributed by atoms with van der Waals surface area (Å²) in [6, 6.07) is 5.37. The van der Waals surface area contributed by atoms with Gasteiger partial charge in [-0.1, -0.05) is 51.4 Å². The van der Waals surface area contributed by atoms with Crippen LogP contribution in [0.2, 0.25) is 5.02 Å². The molecule has 1 rings (SSSR count). The molecule has 0 aliphatic rings. The minimum Gasteiger partial charge on any atom is -0.480 e. The molecule has 0 fully saturated rings. The van der Waals surface area contributed by atoms with Crippen LogP contribution in [0.25, 0.3) is 0 Å². The lowest BCUT2D eigenvalue weighted by Gasteiger charge is -2.23. The van der Waals surface area contributed by atoms with E-state index in [1.165, 1.54) is 0 Å². The average Bonchev–Trinajstić information content (AvgIpc) is 2.62. The molecule has 0 aliphatic carbocycles. The van der Waals surface area contributed by atoms with Crippen LogP contribution in [0.3, 0.4) is 0 Å². The van der Waals surface area contributed by atoms with Crippen LogP contribution in [0.15, 0.2) is 24.3 Å². The first-order valence-corrected chi connectivity index (χ1v) is 9.71. The lowest BCUT2D eigenvalue weighted by Crippen LogP contribution is -2.46. The number of carboxylic acid groups (broad SMARTS) is 1. The molecular formula is C20H30ClN3O4. The third-order valence-corrected chi connectivity index (χ3v) is 4.82. The fraction of sp³-hybridized carbons (Fsp3) is 0.550. The van der Waals surface area contributed by atoms with Crippen LogP contribution >= 0.6 is 11.6 Å². The molecule has 0 radical (unpaired) electrons. The minimum absolute atomic E-state index is 0.0142. The minimum atomic E-state index is -1.08. The van der Waals surface area contributed by atoms with Gasteiger partial charge in [-0.05, 0) is 29.5 Å². The second-order valence-corrected chi connectivity index (χ2v) is 8.03. The summed E-state index contributed by atoms with van der Waals surface area (Å²) < 4.78 is 0. The lowest BCUT2D eigenvalue weighted by molar-refractivity contribution is -0.143. The Morgan fingerprint density at radius 3 is 2.11 bits per heavy atom. The van der Waals surface area contributed by atoms with Gasteiger partial charge in [-0.25, -0.2) is 4.79 Å². The number of carbonyl (C=O) groups excluding carboxylic acids is 2. The van der Waals surface area contributed by atoms with Gasteiger partial charge in [0, 0.05) is 23.9 Å². The number of aliphatic carboxylic acids is 1. The second kappa shape index (κ2) is 11.0. The molecule has 28 heavy (non-hydrogen) atoms. The van der Waals surface area contributed by atoms with Gasteiger partial charge in [0.15, 0.2) is 0 Å². The van der Waals surface area contributed by atoms with Gasteiger partial charge in [-0.3, -0.25) is 9.59 Å². The van der Waals surface area contributed by atoms with Crippen molar-refractivity contribution in [3.05, 3.63) is 34.9 Å². The van der Waals surface area contributed by atoms with E-state index in [-0.39, 0.29) is 36.6 Å². The van der Waals surface area contributed by atoms with Crippen LogP contribution in [0.1, 0.15) is 45.6 Å². The predicted molar refractivity (Wildman–Crippen MR) is 109 cm³/mol. The predicted octanol–water partition coefficient (Wildman–Crippen LogP) is 2.14. The Bertz CT molecular complexity index is 677. The molecule has 2 amide bonds. The van der Waals surface area contributed by atoms with Crippen molar-refractivity contribution >= 4 is 29.4 Å². The highest BCUT2D eigenvalue weighted by atomic mass is 35.5. The fourth-order valence-electron chi connectivity index (χ4n) is 2.66. The standard InChI is InChI=1S/C20H30ClN3O4/c1-11(2)17(22)19(26)23-10-14(13-5-7-15(21)8-6-13)9-16(25)24-18(12(3)4)20(27)28/h5-8,11-12,14,17-18H,9-10,22H2,1-4H3,(H,23,26)(H,24,25)(H,27,28). The van der Waals surface area contributed by atoms with Crippen molar-refractivity contribution in [1.29, 1.82) is 0 Å². The summed E-state index contributed by atoms with van der Waals surface area (Å²) in [4.78, 5) is 36.0. The van der Waals surface area contributed by atoms with Crippen LogP contribution in [-0.4, -0.2) is 41.5 Å². The topological polar surface area (TPSA) is 122 Å². The zero-order valence-corrected chi connectivity index (χ0v) is 17.5. The van der Waals surface area contributed by atoms with Gasteiger partial charge < -0.3 is 21.5 Å². The van der Waals surface area contributed by atoms with E-state index in [9.17, 15) is 19.5 Å². The number of carboxylic acids is 1. The Balaban J connectivity index is 2.89. The van der Waals surface area contributed by atoms with E-state index >= 15 is 0 Å². The van der Waals surface area contributed by atoms with Gasteiger partial charge in [-0.2, -0.15) is 0 Å². The van der Waals surface area contributed by atoms with Gasteiger partial charge in [0.05, 0.1) is 6.04 Å².